The zero-order chi connectivity index (χ0) is 16.4. The summed E-state index contributed by atoms with van der Waals surface area (Å²) in [6, 6.07) is 17.1. The Hall–Kier alpha value is -2.30. The van der Waals surface area contributed by atoms with E-state index in [4.69, 9.17) is 4.74 Å². The molecule has 3 aromatic rings. The molecule has 4 nitrogen and oxygen atoms in total. The molecule has 1 fully saturated rings. The lowest BCUT2D eigenvalue weighted by Gasteiger charge is -2.27. The minimum atomic E-state index is 0.891. The highest BCUT2D eigenvalue weighted by atomic mass is 16.5. The first-order valence-corrected chi connectivity index (χ1v) is 8.50. The van der Waals surface area contributed by atoms with Crippen molar-refractivity contribution >= 4 is 10.9 Å². The Kier molecular flexibility index (Phi) is 4.24. The topological polar surface area (TPSA) is 29.4 Å². The van der Waals surface area contributed by atoms with Crippen LogP contribution in [0.15, 0.2) is 54.7 Å². The molecule has 4 heteroatoms. The molecule has 1 aliphatic heterocycles. The van der Waals surface area contributed by atoms with Gasteiger partial charge in [-0.05, 0) is 35.4 Å². The van der Waals surface area contributed by atoms with E-state index in [1.807, 2.05) is 12.1 Å². The Morgan fingerprint density at radius 1 is 1.00 bits per heavy atom. The van der Waals surface area contributed by atoms with E-state index in [0.717, 1.165) is 38.6 Å². The average molecular weight is 321 g/mol. The van der Waals surface area contributed by atoms with Gasteiger partial charge in [-0.1, -0.05) is 24.3 Å². The van der Waals surface area contributed by atoms with Crippen molar-refractivity contribution in [2.75, 3.05) is 33.3 Å². The maximum Gasteiger partial charge on any atom is 0.118 e. The fraction of sp³-hybridized carbons (Fsp3) is 0.300. The van der Waals surface area contributed by atoms with E-state index in [2.05, 4.69) is 57.4 Å². The van der Waals surface area contributed by atoms with E-state index in [0.29, 0.717) is 0 Å². The van der Waals surface area contributed by atoms with Gasteiger partial charge in [0, 0.05) is 43.3 Å². The van der Waals surface area contributed by atoms with Gasteiger partial charge in [-0.3, -0.25) is 4.90 Å². The molecule has 0 atom stereocenters. The molecule has 24 heavy (non-hydrogen) atoms. The van der Waals surface area contributed by atoms with Gasteiger partial charge >= 0.3 is 0 Å². The first-order valence-electron chi connectivity index (χ1n) is 8.50. The highest BCUT2D eigenvalue weighted by Gasteiger charge is 2.12. The summed E-state index contributed by atoms with van der Waals surface area (Å²) in [6.45, 7) is 5.33. The molecule has 2 aromatic carbocycles. The molecule has 0 aliphatic carbocycles. The SMILES string of the molecule is COc1ccc(-c2cccc3c2ccn3CN2CCNCC2)cc1. The van der Waals surface area contributed by atoms with Crippen LogP contribution >= 0.6 is 0 Å². The number of hydrogen-bond acceptors (Lipinski definition) is 3. The highest BCUT2D eigenvalue weighted by molar-refractivity contribution is 5.95. The van der Waals surface area contributed by atoms with E-state index < -0.39 is 0 Å². The lowest BCUT2D eigenvalue weighted by atomic mass is 10.0. The van der Waals surface area contributed by atoms with Gasteiger partial charge in [0.1, 0.15) is 5.75 Å². The standard InChI is InChI=1S/C20H23N3O/c1-24-17-7-5-16(6-8-17)18-3-2-4-20-19(18)9-12-23(20)15-22-13-10-21-11-14-22/h2-9,12,21H,10-11,13-15H2,1H3. The number of fused-ring (bicyclic) bond motifs is 1. The van der Waals surface area contributed by atoms with Crippen LogP contribution in [0.3, 0.4) is 0 Å². The number of nitrogens with one attached hydrogen (secondary N) is 1. The smallest absolute Gasteiger partial charge is 0.118 e. The van der Waals surface area contributed by atoms with E-state index in [9.17, 15) is 0 Å². The molecule has 1 aliphatic rings. The lowest BCUT2D eigenvalue weighted by molar-refractivity contribution is 0.196. The molecule has 124 valence electrons. The summed E-state index contributed by atoms with van der Waals surface area (Å²) in [5.74, 6) is 0.891. The quantitative estimate of drug-likeness (QED) is 0.800. The van der Waals surface area contributed by atoms with Gasteiger partial charge < -0.3 is 14.6 Å². The van der Waals surface area contributed by atoms with Gasteiger partial charge in [0.25, 0.3) is 0 Å². The Morgan fingerprint density at radius 3 is 2.54 bits per heavy atom. The molecule has 0 bridgehead atoms. The van der Waals surface area contributed by atoms with Crippen molar-refractivity contribution in [1.29, 1.82) is 0 Å². The number of aromatic nitrogens is 1. The third-order valence-electron chi connectivity index (χ3n) is 4.78. The second-order valence-electron chi connectivity index (χ2n) is 6.26. The summed E-state index contributed by atoms with van der Waals surface area (Å²) in [4.78, 5) is 2.50. The summed E-state index contributed by atoms with van der Waals surface area (Å²) in [7, 11) is 1.70. The molecule has 1 saturated heterocycles. The molecule has 1 N–H and O–H groups in total. The van der Waals surface area contributed by atoms with Gasteiger partial charge in [0.05, 0.1) is 13.8 Å². The van der Waals surface area contributed by atoms with Crippen LogP contribution in [0.25, 0.3) is 22.0 Å². The molecular weight excluding hydrogens is 298 g/mol. The zero-order valence-corrected chi connectivity index (χ0v) is 14.0. The van der Waals surface area contributed by atoms with Crippen LogP contribution in [0.1, 0.15) is 0 Å². The molecule has 0 radical (unpaired) electrons. The van der Waals surface area contributed by atoms with Gasteiger partial charge in [-0.15, -0.1) is 0 Å². The molecule has 0 amide bonds. The van der Waals surface area contributed by atoms with E-state index >= 15 is 0 Å². The summed E-state index contributed by atoms with van der Waals surface area (Å²) in [6.07, 6.45) is 2.21. The van der Waals surface area contributed by atoms with Crippen LogP contribution in [0.4, 0.5) is 0 Å². The minimum Gasteiger partial charge on any atom is -0.497 e. The van der Waals surface area contributed by atoms with Crippen molar-refractivity contribution in [3.63, 3.8) is 0 Å². The number of rotatable bonds is 4. The lowest BCUT2D eigenvalue weighted by Crippen LogP contribution is -2.43. The number of nitrogens with zero attached hydrogens (tertiary/aromatic N) is 2. The first kappa shape index (κ1) is 15.2. The molecule has 0 spiro atoms. The van der Waals surface area contributed by atoms with Crippen LogP contribution < -0.4 is 10.1 Å². The third-order valence-corrected chi connectivity index (χ3v) is 4.78. The average Bonchev–Trinajstić information content (AvgIpc) is 3.06. The molecule has 0 unspecified atom stereocenters. The van der Waals surface area contributed by atoms with Crippen molar-refractivity contribution in [3.05, 3.63) is 54.7 Å². The second-order valence-corrected chi connectivity index (χ2v) is 6.26. The highest BCUT2D eigenvalue weighted by Crippen LogP contribution is 2.30. The summed E-state index contributed by atoms with van der Waals surface area (Å²) >= 11 is 0. The third kappa shape index (κ3) is 2.90. The largest absolute Gasteiger partial charge is 0.497 e. The Bertz CT molecular complexity index is 817. The monoisotopic (exact) mass is 321 g/mol. The van der Waals surface area contributed by atoms with Crippen LogP contribution in [0, 0.1) is 0 Å². The predicted octanol–water partition coefficient (Wildman–Crippen LogP) is 3.18. The fourth-order valence-corrected chi connectivity index (χ4v) is 3.44. The first-order chi connectivity index (χ1) is 11.8. The molecular formula is C20H23N3O. The maximum absolute atomic E-state index is 5.27. The number of benzene rings is 2. The Morgan fingerprint density at radius 2 is 1.79 bits per heavy atom. The van der Waals surface area contributed by atoms with E-state index in [1.165, 1.54) is 22.0 Å². The normalized spacial score (nSPS) is 15.7. The zero-order valence-electron chi connectivity index (χ0n) is 14.0. The summed E-state index contributed by atoms with van der Waals surface area (Å²) < 4.78 is 7.62. The van der Waals surface area contributed by atoms with E-state index in [-0.39, 0.29) is 0 Å². The van der Waals surface area contributed by atoms with Gasteiger partial charge in [0.2, 0.25) is 0 Å². The summed E-state index contributed by atoms with van der Waals surface area (Å²) in [5, 5.41) is 4.71. The van der Waals surface area contributed by atoms with Crippen molar-refractivity contribution in [3.8, 4) is 16.9 Å². The Balaban J connectivity index is 1.67. The number of ether oxygens (including phenoxy) is 1. The van der Waals surface area contributed by atoms with Crippen LogP contribution in [-0.4, -0.2) is 42.8 Å². The number of hydrogen-bond donors (Lipinski definition) is 1. The molecule has 4 rings (SSSR count). The minimum absolute atomic E-state index is 0.891. The predicted molar refractivity (Wildman–Crippen MR) is 98.4 cm³/mol. The number of methoxy groups -OCH3 is 1. The van der Waals surface area contributed by atoms with Crippen LogP contribution in [0.2, 0.25) is 0 Å². The van der Waals surface area contributed by atoms with Gasteiger partial charge in [-0.25, -0.2) is 0 Å². The Labute approximate surface area is 142 Å². The summed E-state index contributed by atoms with van der Waals surface area (Å²) in [5.41, 5.74) is 3.79. The fourth-order valence-electron chi connectivity index (χ4n) is 3.44. The molecule has 0 saturated carbocycles. The van der Waals surface area contributed by atoms with Crippen LogP contribution in [0.5, 0.6) is 5.75 Å². The van der Waals surface area contributed by atoms with Crippen molar-refractivity contribution in [1.82, 2.24) is 14.8 Å². The van der Waals surface area contributed by atoms with Crippen molar-refractivity contribution < 1.29 is 4.74 Å². The van der Waals surface area contributed by atoms with Crippen molar-refractivity contribution in [2.24, 2.45) is 0 Å². The van der Waals surface area contributed by atoms with Gasteiger partial charge in [0.15, 0.2) is 0 Å². The maximum atomic E-state index is 5.27. The van der Waals surface area contributed by atoms with Gasteiger partial charge in [-0.2, -0.15) is 0 Å². The molecule has 1 aromatic heterocycles. The van der Waals surface area contributed by atoms with E-state index in [1.54, 1.807) is 7.11 Å². The van der Waals surface area contributed by atoms with Crippen LogP contribution in [-0.2, 0) is 6.67 Å². The number of piperazine rings is 1. The van der Waals surface area contributed by atoms with Crippen molar-refractivity contribution in [2.45, 2.75) is 6.67 Å². The second kappa shape index (κ2) is 6.67. The molecule has 2 heterocycles.